The first-order valence-corrected chi connectivity index (χ1v) is 9.45. The van der Waals surface area contributed by atoms with Crippen LogP contribution < -0.4 is 14.2 Å². The van der Waals surface area contributed by atoms with Crippen molar-refractivity contribution in [2.45, 2.75) is 6.92 Å². The fraction of sp³-hybridized carbons (Fsp3) is 0.111. The first-order valence-electron chi connectivity index (χ1n) is 7.74. The van der Waals surface area contributed by atoms with Crippen LogP contribution in [0.1, 0.15) is 5.69 Å². The molecule has 0 unspecified atom stereocenters. The molecule has 6 nitrogen and oxygen atoms in total. The van der Waals surface area contributed by atoms with Crippen molar-refractivity contribution in [1.29, 1.82) is 0 Å². The zero-order valence-corrected chi connectivity index (χ0v) is 15.4. The number of hydrogen-bond donors (Lipinski definition) is 3. The Labute approximate surface area is 150 Å². The van der Waals surface area contributed by atoms with Crippen LogP contribution in [0.15, 0.2) is 42.5 Å². The number of aromatic amines is 2. The van der Waals surface area contributed by atoms with Gasteiger partial charge in [0.1, 0.15) is 0 Å². The number of anilines is 1. The number of para-hydroxylation sites is 1. The molecule has 0 bridgehead atoms. The van der Waals surface area contributed by atoms with Gasteiger partial charge in [-0.1, -0.05) is 0 Å². The molecule has 0 aliphatic heterocycles. The summed E-state index contributed by atoms with van der Waals surface area (Å²) in [7, 11) is 1.32. The molecule has 0 radical (unpaired) electrons. The molecular weight excluding hydrogens is 383 g/mol. The van der Waals surface area contributed by atoms with E-state index >= 15 is 0 Å². The van der Waals surface area contributed by atoms with Gasteiger partial charge in [-0.05, 0) is 0 Å². The number of hydrogen-bond acceptors (Lipinski definition) is 3. The summed E-state index contributed by atoms with van der Waals surface area (Å²) in [5, 5.41) is 3.83. The number of carbonyl (C=O) groups excluding carboxylic acids is 1. The first-order chi connectivity index (χ1) is 12.1. The molecular formula is C18H16N4O2Se. The Hall–Kier alpha value is -2.76. The molecule has 0 fully saturated rings. The van der Waals surface area contributed by atoms with E-state index in [2.05, 4.69) is 62.3 Å². The third-order valence-electron chi connectivity index (χ3n) is 3.91. The van der Waals surface area contributed by atoms with Crippen molar-refractivity contribution < 1.29 is 9.53 Å². The Bertz CT molecular complexity index is 1080. The summed E-state index contributed by atoms with van der Waals surface area (Å²) in [5.41, 5.74) is 4.08. The second-order valence-corrected chi connectivity index (χ2v) is 7.88. The molecule has 0 aliphatic carbocycles. The minimum atomic E-state index is -0.544. The Morgan fingerprint density at radius 2 is 2.00 bits per heavy atom. The molecule has 2 aromatic heterocycles. The summed E-state index contributed by atoms with van der Waals surface area (Å²) in [4.78, 5) is 22.2. The fourth-order valence-electron chi connectivity index (χ4n) is 2.76. The maximum absolute atomic E-state index is 11.3. The van der Waals surface area contributed by atoms with Gasteiger partial charge in [-0.3, -0.25) is 0 Å². The number of imidazole rings is 1. The summed E-state index contributed by atoms with van der Waals surface area (Å²) < 4.78 is 7.18. The minimum absolute atomic E-state index is 0.166. The van der Waals surface area contributed by atoms with Gasteiger partial charge in [-0.15, -0.1) is 0 Å². The van der Waals surface area contributed by atoms with Gasteiger partial charge in [-0.2, -0.15) is 0 Å². The molecule has 4 aromatic rings. The number of nitrogens with zero attached hydrogens (tertiary/aromatic N) is 1. The van der Waals surface area contributed by atoms with Crippen molar-refractivity contribution in [2.24, 2.45) is 0 Å². The van der Waals surface area contributed by atoms with Crippen molar-refractivity contribution in [1.82, 2.24) is 15.0 Å². The molecule has 3 N–H and O–H groups in total. The predicted molar refractivity (Wildman–Crippen MR) is 100 cm³/mol. The number of carbonyl (C=O) groups is 1. The van der Waals surface area contributed by atoms with Crippen molar-refractivity contribution in [3.05, 3.63) is 48.2 Å². The number of fused-ring (bicyclic) bond motifs is 2. The number of H-pyrrole nitrogens is 2. The third-order valence-corrected chi connectivity index (χ3v) is 6.47. The maximum atomic E-state index is 11.3. The zero-order valence-electron chi connectivity index (χ0n) is 13.7. The van der Waals surface area contributed by atoms with E-state index in [1.165, 1.54) is 32.6 Å². The van der Waals surface area contributed by atoms with E-state index in [1.807, 2.05) is 12.1 Å². The third kappa shape index (κ3) is 2.99. The Morgan fingerprint density at radius 1 is 1.16 bits per heavy atom. The molecule has 7 heteroatoms. The van der Waals surface area contributed by atoms with Gasteiger partial charge in [0.15, 0.2) is 0 Å². The van der Waals surface area contributed by atoms with Gasteiger partial charge in [0.05, 0.1) is 0 Å². The van der Waals surface area contributed by atoms with E-state index in [9.17, 15) is 4.79 Å². The van der Waals surface area contributed by atoms with Crippen LogP contribution in [-0.2, 0) is 4.74 Å². The number of methoxy groups -OCH3 is 1. The zero-order chi connectivity index (χ0) is 17.4. The summed E-state index contributed by atoms with van der Waals surface area (Å²) in [5.74, 6) is 0.384. The Kier molecular flexibility index (Phi) is 3.95. The average molecular weight is 399 g/mol. The fourth-order valence-corrected chi connectivity index (χ4v) is 4.94. The number of amides is 1. The van der Waals surface area contributed by atoms with Gasteiger partial charge >= 0.3 is 150 Å². The molecule has 25 heavy (non-hydrogen) atoms. The normalized spacial score (nSPS) is 11.1. The standard InChI is InChI=1S/C18H16N4O2Se/c1-10-16(12-5-3-4-6-13(12)19-10)25-11-7-8-14-15(9-11)21-17(20-14)22-18(23)24-2/h3-9,19H,1-2H3,(H2,20,21,22,23). The van der Waals surface area contributed by atoms with E-state index in [1.54, 1.807) is 0 Å². The summed E-state index contributed by atoms with van der Waals surface area (Å²) in [6, 6.07) is 14.5. The molecule has 1 amide bonds. The number of aryl methyl sites for hydroxylation is 1. The van der Waals surface area contributed by atoms with Crippen molar-refractivity contribution >= 4 is 57.9 Å². The van der Waals surface area contributed by atoms with Gasteiger partial charge in [-0.25, -0.2) is 0 Å². The molecule has 2 heterocycles. The number of benzene rings is 2. The monoisotopic (exact) mass is 400 g/mol. The second kappa shape index (κ2) is 6.27. The van der Waals surface area contributed by atoms with Gasteiger partial charge in [0.25, 0.3) is 0 Å². The molecule has 2 aromatic carbocycles. The molecule has 4 rings (SSSR count). The van der Waals surface area contributed by atoms with Gasteiger partial charge < -0.3 is 0 Å². The SMILES string of the molecule is COC(=O)Nc1nc2ccc([Se]c3c(C)[nH]c4ccccc34)cc2[nH]1. The van der Waals surface area contributed by atoms with Crippen molar-refractivity contribution in [3.8, 4) is 0 Å². The number of nitrogens with one attached hydrogen (secondary N) is 3. The van der Waals surface area contributed by atoms with E-state index in [4.69, 9.17) is 0 Å². The van der Waals surface area contributed by atoms with Gasteiger partial charge in [0.2, 0.25) is 0 Å². The van der Waals surface area contributed by atoms with Crippen LogP contribution in [0.5, 0.6) is 0 Å². The quantitative estimate of drug-likeness (QED) is 0.462. The van der Waals surface area contributed by atoms with Crippen LogP contribution in [0.25, 0.3) is 21.9 Å². The van der Waals surface area contributed by atoms with Gasteiger partial charge in [0, 0.05) is 0 Å². The molecule has 0 aliphatic rings. The van der Waals surface area contributed by atoms with Crippen LogP contribution in [0.3, 0.4) is 0 Å². The predicted octanol–water partition coefficient (Wildman–Crippen LogP) is 2.19. The summed E-state index contributed by atoms with van der Waals surface area (Å²) in [6.07, 6.45) is -0.544. The van der Waals surface area contributed by atoms with Crippen LogP contribution in [0.4, 0.5) is 10.7 Å². The topological polar surface area (TPSA) is 82.8 Å². The second-order valence-electron chi connectivity index (χ2n) is 5.61. The number of rotatable bonds is 3. The average Bonchev–Trinajstić information content (AvgIpc) is 3.15. The molecule has 0 saturated carbocycles. The van der Waals surface area contributed by atoms with E-state index in [0.29, 0.717) is 5.95 Å². The summed E-state index contributed by atoms with van der Waals surface area (Å²) in [6.45, 7) is 2.12. The van der Waals surface area contributed by atoms with E-state index < -0.39 is 6.09 Å². The van der Waals surface area contributed by atoms with Crippen LogP contribution >= 0.6 is 0 Å². The first kappa shape index (κ1) is 15.7. The van der Waals surface area contributed by atoms with Crippen LogP contribution in [0.2, 0.25) is 0 Å². The van der Waals surface area contributed by atoms with Crippen LogP contribution in [0, 0.1) is 6.92 Å². The van der Waals surface area contributed by atoms with E-state index in [0.717, 1.165) is 11.0 Å². The number of aromatic nitrogens is 3. The summed E-state index contributed by atoms with van der Waals surface area (Å²) >= 11 is 0.166. The van der Waals surface area contributed by atoms with Crippen LogP contribution in [-0.4, -0.2) is 43.1 Å². The van der Waals surface area contributed by atoms with Crippen molar-refractivity contribution in [2.75, 3.05) is 12.4 Å². The number of ether oxygens (including phenoxy) is 1. The molecule has 0 atom stereocenters. The molecule has 126 valence electrons. The van der Waals surface area contributed by atoms with E-state index in [-0.39, 0.29) is 15.0 Å². The molecule has 0 saturated heterocycles. The Morgan fingerprint density at radius 3 is 2.84 bits per heavy atom. The Balaban J connectivity index is 1.67. The molecule has 0 spiro atoms. The van der Waals surface area contributed by atoms with Crippen molar-refractivity contribution in [3.63, 3.8) is 0 Å².